The van der Waals surface area contributed by atoms with Gasteiger partial charge in [0.05, 0.1) is 29.2 Å². The van der Waals surface area contributed by atoms with Crippen molar-refractivity contribution < 1.29 is 24.8 Å². The summed E-state index contributed by atoms with van der Waals surface area (Å²) in [6.45, 7) is 6.77. The molecule has 0 radical (unpaired) electrons. The molecule has 0 aliphatic carbocycles. The molecule has 0 saturated carbocycles. The van der Waals surface area contributed by atoms with Crippen molar-refractivity contribution >= 4 is 22.5 Å². The maximum Gasteiger partial charge on any atom is 0.264 e. The molecule has 1 aromatic carbocycles. The molecule has 5 atom stereocenters. The Hall–Kier alpha value is -2.98. The Morgan fingerprint density at radius 1 is 1.36 bits per heavy atom. The van der Waals surface area contributed by atoms with Gasteiger partial charge in [0.1, 0.15) is 28.7 Å². The molecule has 4 rings (SSSR count). The minimum absolute atomic E-state index is 0.141. The quantitative estimate of drug-likeness (QED) is 0.469. The minimum atomic E-state index is -1.54. The van der Waals surface area contributed by atoms with E-state index < -0.39 is 30.1 Å². The Balaban J connectivity index is 1.83. The highest BCUT2D eigenvalue weighted by atomic mass is 16.7. The second-order valence-electron chi connectivity index (χ2n) is 8.64. The zero-order valence-electron chi connectivity index (χ0n) is 19.2. The molecule has 1 saturated heterocycles. The Bertz CT molecular complexity index is 1300. The summed E-state index contributed by atoms with van der Waals surface area (Å²) in [4.78, 5) is 17.7. The standard InChI is InChI=1S/C24H29N3O6/c1-6-7-14-8-15-10-26-18-16(22(30)27(15)11-14)9-17(12(2)19(18)28)33-23-21(29)24(4,31)20(25-5)13(3)32-23/h6-11,13,20-21,23,25,28-29,31H,1-5H3/b7-6+/t13-,20-,21-,23-,24+/m0/s1. The lowest BCUT2D eigenvalue weighted by Crippen LogP contribution is -2.69. The van der Waals surface area contributed by atoms with Crippen LogP contribution in [0.3, 0.4) is 0 Å². The maximum atomic E-state index is 13.3. The summed E-state index contributed by atoms with van der Waals surface area (Å²) < 4.78 is 13.2. The normalized spacial score (nSPS) is 28.1. The van der Waals surface area contributed by atoms with Crippen LogP contribution in [0.5, 0.6) is 11.5 Å². The average molecular weight is 456 g/mol. The SMILES string of the molecule is C/C=C/c1cc2cnc3c(O)c(C)c(O[C@@H]4O[C@@H](C)[C@H](NC)[C@@](C)(O)[C@H]4O)cc3c(=O)n2c1. The molecule has 0 bridgehead atoms. The number of aliphatic hydroxyl groups excluding tert-OH is 1. The molecule has 1 aliphatic rings. The molecule has 9 heteroatoms. The summed E-state index contributed by atoms with van der Waals surface area (Å²) in [7, 11) is 1.67. The van der Waals surface area contributed by atoms with E-state index in [1.165, 1.54) is 23.6 Å². The van der Waals surface area contributed by atoms with E-state index in [1.54, 1.807) is 27.1 Å². The van der Waals surface area contributed by atoms with E-state index in [2.05, 4.69) is 10.3 Å². The monoisotopic (exact) mass is 455 g/mol. The van der Waals surface area contributed by atoms with E-state index in [9.17, 15) is 20.1 Å². The van der Waals surface area contributed by atoms with Crippen molar-refractivity contribution in [1.82, 2.24) is 14.7 Å². The van der Waals surface area contributed by atoms with Crippen LogP contribution in [0.4, 0.5) is 0 Å². The van der Waals surface area contributed by atoms with Gasteiger partial charge in [0, 0.05) is 11.8 Å². The molecule has 176 valence electrons. The number of nitrogens with one attached hydrogen (secondary N) is 1. The molecule has 1 aliphatic heterocycles. The first kappa shape index (κ1) is 23.2. The summed E-state index contributed by atoms with van der Waals surface area (Å²) in [5, 5.41) is 35.5. The van der Waals surface area contributed by atoms with Gasteiger partial charge in [-0.05, 0) is 52.4 Å². The van der Waals surface area contributed by atoms with Crippen LogP contribution in [0.1, 0.15) is 31.9 Å². The predicted octanol–water partition coefficient (Wildman–Crippen LogP) is 1.72. The largest absolute Gasteiger partial charge is 0.505 e. The second kappa shape index (κ2) is 8.42. The minimum Gasteiger partial charge on any atom is -0.505 e. The van der Waals surface area contributed by atoms with Crippen LogP contribution in [-0.2, 0) is 4.74 Å². The number of ether oxygens (including phenoxy) is 2. The number of phenols is 1. The predicted molar refractivity (Wildman–Crippen MR) is 125 cm³/mol. The van der Waals surface area contributed by atoms with Gasteiger partial charge in [0.15, 0.2) is 0 Å². The lowest BCUT2D eigenvalue weighted by atomic mass is 9.84. The Morgan fingerprint density at radius 3 is 2.76 bits per heavy atom. The van der Waals surface area contributed by atoms with Crippen LogP contribution in [-0.4, -0.2) is 61.9 Å². The fraction of sp³-hybridized carbons (Fsp3) is 0.417. The van der Waals surface area contributed by atoms with Crippen molar-refractivity contribution in [2.24, 2.45) is 0 Å². The lowest BCUT2D eigenvalue weighted by Gasteiger charge is -2.47. The van der Waals surface area contributed by atoms with Crippen molar-refractivity contribution in [3.8, 4) is 11.5 Å². The number of aliphatic hydroxyl groups is 2. The molecular weight excluding hydrogens is 426 g/mol. The number of rotatable bonds is 4. The van der Waals surface area contributed by atoms with Gasteiger partial charge in [-0.3, -0.25) is 9.20 Å². The summed E-state index contributed by atoms with van der Waals surface area (Å²) in [5.74, 6) is -0.0567. The van der Waals surface area contributed by atoms with Gasteiger partial charge < -0.3 is 30.1 Å². The number of benzene rings is 1. The molecule has 0 amide bonds. The molecule has 0 unspecified atom stereocenters. The molecule has 0 spiro atoms. The van der Waals surface area contributed by atoms with Gasteiger partial charge in [-0.1, -0.05) is 12.2 Å². The van der Waals surface area contributed by atoms with E-state index >= 15 is 0 Å². The average Bonchev–Trinajstić information content (AvgIpc) is 3.11. The molecule has 9 nitrogen and oxygen atoms in total. The number of phenolic OH excluding ortho intramolecular Hbond substituents is 1. The number of likely N-dealkylation sites (N-methyl/N-ethyl adjacent to an activating group) is 1. The fourth-order valence-electron chi connectivity index (χ4n) is 4.51. The highest BCUT2D eigenvalue weighted by Gasteiger charge is 2.51. The first-order valence-electron chi connectivity index (χ1n) is 10.8. The highest BCUT2D eigenvalue weighted by Crippen LogP contribution is 2.36. The zero-order valence-corrected chi connectivity index (χ0v) is 19.2. The third-order valence-electron chi connectivity index (χ3n) is 6.34. The third kappa shape index (κ3) is 3.76. The number of hydrogen-bond donors (Lipinski definition) is 4. The van der Waals surface area contributed by atoms with Crippen molar-refractivity contribution in [3.05, 3.63) is 52.1 Å². The molecule has 33 heavy (non-hydrogen) atoms. The first-order valence-corrected chi connectivity index (χ1v) is 10.8. The van der Waals surface area contributed by atoms with Crippen molar-refractivity contribution in [3.63, 3.8) is 0 Å². The summed E-state index contributed by atoms with van der Waals surface area (Å²) in [6.07, 6.45) is 3.88. The van der Waals surface area contributed by atoms with Crippen LogP contribution in [0.15, 0.2) is 35.4 Å². The molecule has 3 heterocycles. The molecule has 4 N–H and O–H groups in total. The maximum absolute atomic E-state index is 13.3. The number of aromatic nitrogens is 2. The lowest BCUT2D eigenvalue weighted by molar-refractivity contribution is -0.272. The molecule has 1 fully saturated rings. The summed E-state index contributed by atoms with van der Waals surface area (Å²) >= 11 is 0. The van der Waals surface area contributed by atoms with Gasteiger partial charge in [-0.2, -0.15) is 0 Å². The summed E-state index contributed by atoms with van der Waals surface area (Å²) in [6, 6.07) is 2.78. The van der Waals surface area contributed by atoms with Crippen LogP contribution < -0.4 is 15.6 Å². The Labute approximate surface area is 190 Å². The van der Waals surface area contributed by atoms with E-state index in [1.807, 2.05) is 25.1 Å². The Morgan fingerprint density at radius 2 is 2.09 bits per heavy atom. The number of aromatic hydroxyl groups is 1. The van der Waals surface area contributed by atoms with Gasteiger partial charge in [-0.25, -0.2) is 4.98 Å². The molecule has 2 aromatic heterocycles. The topological polar surface area (TPSA) is 126 Å². The second-order valence-corrected chi connectivity index (χ2v) is 8.64. The van der Waals surface area contributed by atoms with Gasteiger partial charge in [0.25, 0.3) is 5.56 Å². The highest BCUT2D eigenvalue weighted by molar-refractivity contribution is 5.87. The zero-order chi connectivity index (χ0) is 24.1. The van der Waals surface area contributed by atoms with Gasteiger partial charge in [-0.15, -0.1) is 0 Å². The van der Waals surface area contributed by atoms with Crippen LogP contribution in [0, 0.1) is 6.92 Å². The molecule has 3 aromatic rings. The van der Waals surface area contributed by atoms with E-state index in [0.29, 0.717) is 11.1 Å². The number of nitrogens with zero attached hydrogens (tertiary/aromatic N) is 2. The number of fused-ring (bicyclic) bond motifs is 2. The van der Waals surface area contributed by atoms with Gasteiger partial charge in [0.2, 0.25) is 6.29 Å². The number of hydrogen-bond acceptors (Lipinski definition) is 8. The third-order valence-corrected chi connectivity index (χ3v) is 6.34. The van der Waals surface area contributed by atoms with Crippen molar-refractivity contribution in [2.45, 2.75) is 57.8 Å². The van der Waals surface area contributed by atoms with Crippen molar-refractivity contribution in [2.75, 3.05) is 7.05 Å². The van der Waals surface area contributed by atoms with Crippen LogP contribution in [0.2, 0.25) is 0 Å². The van der Waals surface area contributed by atoms with E-state index in [0.717, 1.165) is 5.56 Å². The first-order chi connectivity index (χ1) is 15.6. The molecular formula is C24H29N3O6. The smallest absolute Gasteiger partial charge is 0.264 e. The fourth-order valence-corrected chi connectivity index (χ4v) is 4.51. The number of allylic oxidation sites excluding steroid dienone is 1. The summed E-state index contributed by atoms with van der Waals surface area (Å²) in [5.41, 5.74) is -0.0210. The van der Waals surface area contributed by atoms with Crippen LogP contribution in [0.25, 0.3) is 22.5 Å². The van der Waals surface area contributed by atoms with E-state index in [4.69, 9.17) is 9.47 Å². The Kier molecular flexibility index (Phi) is 5.92. The van der Waals surface area contributed by atoms with E-state index in [-0.39, 0.29) is 28.0 Å². The van der Waals surface area contributed by atoms with Crippen LogP contribution >= 0.6 is 0 Å². The van der Waals surface area contributed by atoms with Gasteiger partial charge >= 0.3 is 0 Å². The van der Waals surface area contributed by atoms with Crippen molar-refractivity contribution in [1.29, 1.82) is 0 Å².